The SMILES string of the molecule is [U+2].c1ccc2[cH-]ccc2c1.c1ccc2[cH-]ccc2c1. The molecule has 0 spiro atoms. The maximum absolute atomic E-state index is 2.12. The zero-order valence-electron chi connectivity index (χ0n) is 10.6. The maximum Gasteiger partial charge on any atom is 2.00 e. The Hall–Kier alpha value is -1.29. The van der Waals surface area contributed by atoms with Crippen LogP contribution in [0.2, 0.25) is 0 Å². The van der Waals surface area contributed by atoms with Gasteiger partial charge in [-0.05, 0) is 0 Å². The Morgan fingerprint density at radius 3 is 1.37 bits per heavy atom. The molecule has 0 aromatic heterocycles. The zero-order chi connectivity index (χ0) is 12.2. The van der Waals surface area contributed by atoms with E-state index in [1.165, 1.54) is 21.5 Å². The molecule has 0 saturated carbocycles. The molecule has 4 aromatic rings. The van der Waals surface area contributed by atoms with E-state index in [1.54, 1.807) is 0 Å². The first-order valence-electron chi connectivity index (χ1n) is 6.14. The Labute approximate surface area is 137 Å². The van der Waals surface area contributed by atoms with Crippen molar-refractivity contribution >= 4 is 21.5 Å². The van der Waals surface area contributed by atoms with Crippen LogP contribution in [0.15, 0.2) is 84.9 Å². The van der Waals surface area contributed by atoms with Crippen molar-refractivity contribution in [2.75, 3.05) is 0 Å². The van der Waals surface area contributed by atoms with Gasteiger partial charge in [0.2, 0.25) is 0 Å². The van der Waals surface area contributed by atoms with E-state index in [4.69, 9.17) is 0 Å². The Morgan fingerprint density at radius 2 is 0.947 bits per heavy atom. The van der Waals surface area contributed by atoms with Gasteiger partial charge in [-0.15, -0.1) is 59.3 Å². The molecule has 0 nitrogen and oxygen atoms in total. The van der Waals surface area contributed by atoms with Gasteiger partial charge >= 0.3 is 31.1 Å². The van der Waals surface area contributed by atoms with Crippen molar-refractivity contribution in [3.63, 3.8) is 0 Å². The Bertz CT molecular complexity index is 620. The summed E-state index contributed by atoms with van der Waals surface area (Å²) in [5.41, 5.74) is 0. The molecule has 19 heavy (non-hydrogen) atoms. The largest absolute Gasteiger partial charge is 2.00 e. The van der Waals surface area contributed by atoms with Gasteiger partial charge in [0.25, 0.3) is 0 Å². The van der Waals surface area contributed by atoms with E-state index < -0.39 is 0 Å². The standard InChI is InChI=1S/2C9H7.U/c2*1-2-5-9-7-3-6-8(9)4-1;/h2*1-7H;/q2*-1;+2. The third kappa shape index (κ3) is 3.38. The first-order chi connectivity index (χ1) is 8.93. The van der Waals surface area contributed by atoms with Crippen LogP contribution in [-0.2, 0) is 0 Å². The smallest absolute Gasteiger partial charge is 0.168 e. The molecule has 1 heteroatoms. The summed E-state index contributed by atoms with van der Waals surface area (Å²) in [5, 5.41) is 5.32. The maximum atomic E-state index is 2.12. The number of benzene rings is 2. The van der Waals surface area contributed by atoms with Crippen molar-refractivity contribution in [2.24, 2.45) is 0 Å². The van der Waals surface area contributed by atoms with Crippen LogP contribution in [0, 0.1) is 31.1 Å². The molecule has 0 fully saturated rings. The number of hydrogen-bond donors (Lipinski definition) is 0. The second-order valence-corrected chi connectivity index (χ2v) is 4.31. The zero-order valence-corrected chi connectivity index (χ0v) is 14.7. The topological polar surface area (TPSA) is 0 Å². The summed E-state index contributed by atoms with van der Waals surface area (Å²) in [4.78, 5) is 0. The van der Waals surface area contributed by atoms with Crippen LogP contribution in [0.1, 0.15) is 0 Å². The van der Waals surface area contributed by atoms with E-state index in [0.29, 0.717) is 0 Å². The molecule has 90 valence electrons. The summed E-state index contributed by atoms with van der Waals surface area (Å²) in [5.74, 6) is 0. The second-order valence-electron chi connectivity index (χ2n) is 4.31. The molecule has 0 heterocycles. The van der Waals surface area contributed by atoms with Crippen molar-refractivity contribution < 1.29 is 31.1 Å². The van der Waals surface area contributed by atoms with Gasteiger partial charge in [-0.2, -0.15) is 35.0 Å². The van der Waals surface area contributed by atoms with Crippen molar-refractivity contribution in [2.45, 2.75) is 0 Å². The molecule has 4 aromatic carbocycles. The first-order valence-corrected chi connectivity index (χ1v) is 6.14. The van der Waals surface area contributed by atoms with Crippen LogP contribution in [0.5, 0.6) is 0 Å². The summed E-state index contributed by atoms with van der Waals surface area (Å²) in [6.45, 7) is 0. The van der Waals surface area contributed by atoms with E-state index in [0.717, 1.165) is 0 Å². The molecule has 0 atom stereocenters. The first kappa shape index (κ1) is 14.1. The van der Waals surface area contributed by atoms with Crippen molar-refractivity contribution in [1.29, 1.82) is 0 Å². The molecule has 0 aliphatic heterocycles. The van der Waals surface area contributed by atoms with E-state index in [9.17, 15) is 0 Å². The van der Waals surface area contributed by atoms with Gasteiger partial charge in [0.05, 0.1) is 0 Å². The minimum absolute atomic E-state index is 0. The molecule has 0 unspecified atom stereocenters. The van der Waals surface area contributed by atoms with Crippen LogP contribution in [-0.4, -0.2) is 0 Å². The quantitative estimate of drug-likeness (QED) is 0.315. The molecular weight excluding hydrogens is 454 g/mol. The molecule has 0 aliphatic rings. The van der Waals surface area contributed by atoms with Crippen molar-refractivity contribution in [1.82, 2.24) is 0 Å². The monoisotopic (exact) mass is 468 g/mol. The fourth-order valence-electron chi connectivity index (χ4n) is 2.14. The summed E-state index contributed by atoms with van der Waals surface area (Å²) in [6, 6.07) is 29.3. The van der Waals surface area contributed by atoms with E-state index in [2.05, 4.69) is 84.9 Å². The average molecular weight is 468 g/mol. The van der Waals surface area contributed by atoms with Crippen LogP contribution in [0.25, 0.3) is 21.5 Å². The second kappa shape index (κ2) is 6.76. The third-order valence-electron chi connectivity index (χ3n) is 3.10. The summed E-state index contributed by atoms with van der Waals surface area (Å²) in [7, 11) is 0. The van der Waals surface area contributed by atoms with Crippen LogP contribution in [0.4, 0.5) is 0 Å². The van der Waals surface area contributed by atoms with E-state index >= 15 is 0 Å². The van der Waals surface area contributed by atoms with Crippen molar-refractivity contribution in [3.05, 3.63) is 84.9 Å². The Balaban J connectivity index is 0.000000133. The third-order valence-corrected chi connectivity index (χ3v) is 3.10. The minimum Gasteiger partial charge on any atom is -0.168 e. The molecule has 0 radical (unpaired) electrons. The van der Waals surface area contributed by atoms with Crippen LogP contribution in [0.3, 0.4) is 0 Å². The molecule has 0 N–H and O–H groups in total. The number of hydrogen-bond acceptors (Lipinski definition) is 0. The summed E-state index contributed by atoms with van der Waals surface area (Å²) >= 11 is 0. The van der Waals surface area contributed by atoms with Gasteiger partial charge in [-0.1, -0.05) is 12.1 Å². The molecule has 0 aliphatic carbocycles. The predicted molar refractivity (Wildman–Crippen MR) is 79.1 cm³/mol. The normalized spacial score (nSPS) is 9.68. The molecule has 0 amide bonds. The molecular formula is C18H14U. The van der Waals surface area contributed by atoms with Gasteiger partial charge in [-0.25, -0.2) is 0 Å². The fraction of sp³-hybridized carbons (Fsp3) is 0. The van der Waals surface area contributed by atoms with Gasteiger partial charge < -0.3 is 0 Å². The Kier molecular flexibility index (Phi) is 5.02. The fourth-order valence-corrected chi connectivity index (χ4v) is 2.14. The Morgan fingerprint density at radius 1 is 0.526 bits per heavy atom. The van der Waals surface area contributed by atoms with Crippen LogP contribution >= 0.6 is 0 Å². The van der Waals surface area contributed by atoms with Gasteiger partial charge in [0.1, 0.15) is 0 Å². The van der Waals surface area contributed by atoms with Crippen LogP contribution < -0.4 is 0 Å². The number of rotatable bonds is 0. The number of fused-ring (bicyclic) bond motifs is 2. The summed E-state index contributed by atoms with van der Waals surface area (Å²) < 4.78 is 0. The van der Waals surface area contributed by atoms with Gasteiger partial charge in [-0.3, -0.25) is 0 Å². The predicted octanol–water partition coefficient (Wildman–Crippen LogP) is 5.12. The average Bonchev–Trinajstić information content (AvgIpc) is 3.08. The summed E-state index contributed by atoms with van der Waals surface area (Å²) in [6.07, 6.45) is 0. The molecule has 4 rings (SSSR count). The van der Waals surface area contributed by atoms with Gasteiger partial charge in [0.15, 0.2) is 0 Å². The van der Waals surface area contributed by atoms with E-state index in [-0.39, 0.29) is 31.1 Å². The van der Waals surface area contributed by atoms with E-state index in [1.807, 2.05) is 0 Å². The minimum atomic E-state index is 0. The van der Waals surface area contributed by atoms with Gasteiger partial charge in [0, 0.05) is 0 Å². The van der Waals surface area contributed by atoms with Crippen molar-refractivity contribution in [3.8, 4) is 0 Å². The molecule has 0 saturated heterocycles. The molecule has 0 bridgehead atoms.